The molecule has 0 radical (unpaired) electrons. The topological polar surface area (TPSA) is 52.6 Å². The highest BCUT2D eigenvalue weighted by Crippen LogP contribution is 2.23. The molecule has 6 nitrogen and oxygen atoms in total. The van der Waals surface area contributed by atoms with Crippen molar-refractivity contribution >= 4 is 28.3 Å². The van der Waals surface area contributed by atoms with Crippen LogP contribution in [0.1, 0.15) is 25.3 Å². The molecule has 1 aromatic heterocycles. The van der Waals surface area contributed by atoms with E-state index < -0.39 is 0 Å². The van der Waals surface area contributed by atoms with E-state index >= 15 is 0 Å². The average Bonchev–Trinajstić information content (AvgIpc) is 2.85. The Morgan fingerprint density at radius 1 is 0.812 bits per heavy atom. The maximum absolute atomic E-state index is 13.0. The predicted molar refractivity (Wildman–Crippen MR) is 129 cm³/mol. The fourth-order valence-corrected chi connectivity index (χ4v) is 4.80. The fraction of sp³-hybridized carbons (Fsp3) is 0.423. The lowest BCUT2D eigenvalue weighted by molar-refractivity contribution is -0.130. The summed E-state index contributed by atoms with van der Waals surface area (Å²) in [6.45, 7) is 7.46. The van der Waals surface area contributed by atoms with E-state index in [0.717, 1.165) is 62.4 Å². The molecule has 2 aliphatic heterocycles. The van der Waals surface area contributed by atoms with Crippen molar-refractivity contribution in [2.24, 2.45) is 5.92 Å². The van der Waals surface area contributed by atoms with Crippen LogP contribution in [0.15, 0.2) is 54.6 Å². The van der Waals surface area contributed by atoms with Crippen molar-refractivity contribution in [2.45, 2.75) is 26.2 Å². The third kappa shape index (κ3) is 4.40. The lowest BCUT2D eigenvalue weighted by atomic mass is 9.99. The predicted octanol–water partition coefficient (Wildman–Crippen LogP) is 3.76. The van der Waals surface area contributed by atoms with Gasteiger partial charge in [-0.1, -0.05) is 49.4 Å². The van der Waals surface area contributed by atoms with Gasteiger partial charge in [0.1, 0.15) is 0 Å². The van der Waals surface area contributed by atoms with E-state index in [2.05, 4.69) is 63.3 Å². The zero-order chi connectivity index (χ0) is 21.9. The Balaban J connectivity index is 1.17. The normalized spacial score (nSPS) is 17.7. The van der Waals surface area contributed by atoms with Crippen LogP contribution in [-0.4, -0.2) is 60.3 Å². The van der Waals surface area contributed by atoms with E-state index in [1.54, 1.807) is 0 Å². The summed E-state index contributed by atoms with van der Waals surface area (Å²) < 4.78 is 0. The number of carbonyl (C=O) groups is 1. The number of rotatable bonds is 4. The molecule has 0 saturated carbocycles. The Morgan fingerprint density at radius 2 is 1.44 bits per heavy atom. The number of piperazine rings is 1. The van der Waals surface area contributed by atoms with E-state index in [9.17, 15) is 4.79 Å². The highest BCUT2D eigenvalue weighted by atomic mass is 16.2. The van der Waals surface area contributed by atoms with Gasteiger partial charge < -0.3 is 14.7 Å². The molecule has 1 amide bonds. The number of hydrogen-bond donors (Lipinski definition) is 0. The number of aromatic nitrogens is 2. The number of carbonyl (C=O) groups excluding carboxylic acids is 1. The first-order chi connectivity index (χ1) is 15.7. The summed E-state index contributed by atoms with van der Waals surface area (Å²) in [6.07, 6.45) is 2.89. The quantitative estimate of drug-likeness (QED) is 0.632. The average molecular weight is 430 g/mol. The number of anilines is 2. The molecule has 2 fully saturated rings. The van der Waals surface area contributed by atoms with E-state index in [4.69, 9.17) is 0 Å². The molecule has 2 aromatic carbocycles. The van der Waals surface area contributed by atoms with Crippen molar-refractivity contribution < 1.29 is 4.79 Å². The summed E-state index contributed by atoms with van der Waals surface area (Å²) in [7, 11) is 0. The van der Waals surface area contributed by atoms with Gasteiger partial charge in [-0.25, -0.2) is 0 Å². The molecule has 3 aromatic rings. The van der Waals surface area contributed by atoms with E-state index in [0.29, 0.717) is 6.42 Å². The maximum atomic E-state index is 13.0. The minimum absolute atomic E-state index is 0.196. The zero-order valence-electron chi connectivity index (χ0n) is 18.8. The van der Waals surface area contributed by atoms with Gasteiger partial charge in [-0.2, -0.15) is 0 Å². The third-order valence-electron chi connectivity index (χ3n) is 6.92. The Bertz CT molecular complexity index is 1060. The smallest absolute Gasteiger partial charge is 0.227 e. The second kappa shape index (κ2) is 9.15. The van der Waals surface area contributed by atoms with Crippen LogP contribution in [0.4, 0.5) is 11.6 Å². The first-order valence-corrected chi connectivity index (χ1v) is 11.8. The molecular weight excluding hydrogens is 398 g/mol. The van der Waals surface area contributed by atoms with E-state index in [-0.39, 0.29) is 5.91 Å². The van der Waals surface area contributed by atoms with Crippen molar-refractivity contribution in [2.75, 3.05) is 49.1 Å². The number of piperidine rings is 1. The molecule has 32 heavy (non-hydrogen) atoms. The van der Waals surface area contributed by atoms with Crippen molar-refractivity contribution in [3.63, 3.8) is 0 Å². The summed E-state index contributed by atoms with van der Waals surface area (Å²) in [5, 5.41) is 11.3. The largest absolute Gasteiger partial charge is 0.355 e. The molecule has 0 atom stereocenters. The summed E-state index contributed by atoms with van der Waals surface area (Å²) in [5.74, 6) is 2.88. The third-order valence-corrected chi connectivity index (χ3v) is 6.92. The second-order valence-corrected chi connectivity index (χ2v) is 9.10. The SMILES string of the molecule is CC1CCN(c2ccc(N3CCN(C(=O)Cc4cccc5ccccc45)CC3)nn2)CC1. The fourth-order valence-electron chi connectivity index (χ4n) is 4.80. The van der Waals surface area contributed by atoms with Crippen molar-refractivity contribution in [1.82, 2.24) is 15.1 Å². The van der Waals surface area contributed by atoms with Gasteiger partial charge in [-0.3, -0.25) is 4.79 Å². The highest BCUT2D eigenvalue weighted by molar-refractivity contribution is 5.90. The number of nitrogens with zero attached hydrogens (tertiary/aromatic N) is 5. The lowest BCUT2D eigenvalue weighted by Gasteiger charge is -2.35. The van der Waals surface area contributed by atoms with Crippen LogP contribution in [0.5, 0.6) is 0 Å². The molecule has 0 N–H and O–H groups in total. The molecule has 0 aliphatic carbocycles. The van der Waals surface area contributed by atoms with Crippen molar-refractivity contribution in [3.05, 3.63) is 60.2 Å². The molecule has 5 rings (SSSR count). The number of hydrogen-bond acceptors (Lipinski definition) is 5. The van der Waals surface area contributed by atoms with Crippen LogP contribution in [0.2, 0.25) is 0 Å². The number of fused-ring (bicyclic) bond motifs is 1. The van der Waals surface area contributed by atoms with Gasteiger partial charge in [0.2, 0.25) is 5.91 Å². The van der Waals surface area contributed by atoms with Gasteiger partial charge >= 0.3 is 0 Å². The Morgan fingerprint density at radius 3 is 2.12 bits per heavy atom. The van der Waals surface area contributed by atoms with Crippen LogP contribution in [0.25, 0.3) is 10.8 Å². The Labute approximate surface area is 189 Å². The first-order valence-electron chi connectivity index (χ1n) is 11.8. The van der Waals surface area contributed by atoms with Gasteiger partial charge in [-0.15, -0.1) is 10.2 Å². The maximum Gasteiger partial charge on any atom is 0.227 e. The molecule has 3 heterocycles. The van der Waals surface area contributed by atoms with Crippen LogP contribution >= 0.6 is 0 Å². The summed E-state index contributed by atoms with van der Waals surface area (Å²) in [6, 6.07) is 18.6. The first kappa shape index (κ1) is 20.7. The van der Waals surface area contributed by atoms with E-state index in [1.165, 1.54) is 23.6 Å². The van der Waals surface area contributed by atoms with Crippen LogP contribution in [0, 0.1) is 5.92 Å². The summed E-state index contributed by atoms with van der Waals surface area (Å²) in [4.78, 5) is 19.5. The lowest BCUT2D eigenvalue weighted by Crippen LogP contribution is -2.49. The summed E-state index contributed by atoms with van der Waals surface area (Å²) in [5.41, 5.74) is 1.10. The Hall–Kier alpha value is -3.15. The van der Waals surface area contributed by atoms with Gasteiger partial charge in [0.05, 0.1) is 6.42 Å². The van der Waals surface area contributed by atoms with Crippen LogP contribution < -0.4 is 9.80 Å². The molecular formula is C26H31N5O. The monoisotopic (exact) mass is 429 g/mol. The number of benzene rings is 2. The molecule has 2 aliphatic rings. The Kier molecular flexibility index (Phi) is 5.93. The minimum Gasteiger partial charge on any atom is -0.355 e. The minimum atomic E-state index is 0.196. The van der Waals surface area contributed by atoms with Crippen LogP contribution in [-0.2, 0) is 11.2 Å². The molecule has 0 unspecified atom stereocenters. The number of amides is 1. The summed E-state index contributed by atoms with van der Waals surface area (Å²) >= 11 is 0. The molecule has 166 valence electrons. The van der Waals surface area contributed by atoms with Gasteiger partial charge in [0.15, 0.2) is 11.6 Å². The van der Waals surface area contributed by atoms with E-state index in [1.807, 2.05) is 23.1 Å². The molecule has 6 heteroatoms. The van der Waals surface area contributed by atoms with Crippen molar-refractivity contribution in [1.29, 1.82) is 0 Å². The van der Waals surface area contributed by atoms with Crippen molar-refractivity contribution in [3.8, 4) is 0 Å². The van der Waals surface area contributed by atoms with Gasteiger partial charge in [0.25, 0.3) is 0 Å². The zero-order valence-corrected chi connectivity index (χ0v) is 18.8. The molecule has 0 bridgehead atoms. The standard InChI is InChI=1S/C26H31N5O/c1-20-11-13-29(14-12-20)24-9-10-25(28-27-24)30-15-17-31(18-16-30)26(32)19-22-7-4-6-21-5-2-3-8-23(21)22/h2-10,20H,11-19H2,1H3. The molecule has 0 spiro atoms. The second-order valence-electron chi connectivity index (χ2n) is 9.10. The van der Waals surface area contributed by atoms with Crippen LogP contribution in [0.3, 0.4) is 0 Å². The van der Waals surface area contributed by atoms with Gasteiger partial charge in [-0.05, 0) is 47.2 Å². The molecule has 2 saturated heterocycles. The van der Waals surface area contributed by atoms with Gasteiger partial charge in [0, 0.05) is 39.3 Å². The highest BCUT2D eigenvalue weighted by Gasteiger charge is 2.23.